The minimum Gasteiger partial charge on any atom is -0.426 e. The van der Waals surface area contributed by atoms with Crippen LogP contribution in [0.4, 0.5) is 74.6 Å². The van der Waals surface area contributed by atoms with Gasteiger partial charge >= 0.3 is 53.6 Å². The van der Waals surface area contributed by atoms with Crippen LogP contribution in [0, 0.1) is 17.8 Å². The van der Waals surface area contributed by atoms with E-state index in [-0.39, 0.29) is 11.7 Å². The highest BCUT2D eigenvalue weighted by Gasteiger charge is 2.95. The second-order valence-electron chi connectivity index (χ2n) is 12.6. The molecule has 2 nitrogen and oxygen atoms in total. The summed E-state index contributed by atoms with van der Waals surface area (Å²) in [4.78, 5) is 12.6. The van der Waals surface area contributed by atoms with Crippen LogP contribution in [0.5, 0.6) is 5.75 Å². The van der Waals surface area contributed by atoms with Crippen LogP contribution in [0.25, 0.3) is 0 Å². The number of ether oxygens (including phenoxy) is 1. The minimum atomic E-state index is -8.66. The first kappa shape index (κ1) is 40.9. The molecule has 0 amide bonds. The van der Waals surface area contributed by atoms with E-state index in [4.69, 9.17) is 4.74 Å². The normalized spacial score (nSPS) is 24.1. The summed E-state index contributed by atoms with van der Waals surface area (Å²) in [5, 5.41) is 0. The van der Waals surface area contributed by atoms with Crippen molar-refractivity contribution in [2.45, 2.75) is 125 Å². The fraction of sp³-hybridized carbons (Fsp3) is 0.767. The summed E-state index contributed by atoms with van der Waals surface area (Å²) in [6.07, 6.45) is -5.90. The van der Waals surface area contributed by atoms with E-state index in [2.05, 4.69) is 6.92 Å². The smallest absolute Gasteiger partial charge is 0.426 e. The topological polar surface area (TPSA) is 26.3 Å². The van der Waals surface area contributed by atoms with Gasteiger partial charge in [0, 0.05) is 5.92 Å². The first-order chi connectivity index (χ1) is 22.1. The highest BCUT2D eigenvalue weighted by molar-refractivity contribution is 5.75. The second-order valence-corrected chi connectivity index (χ2v) is 12.6. The Hall–Kier alpha value is -2.50. The molecule has 1 aromatic carbocycles. The number of hydrogen-bond donors (Lipinski definition) is 0. The van der Waals surface area contributed by atoms with Crippen molar-refractivity contribution in [2.24, 2.45) is 17.8 Å². The van der Waals surface area contributed by atoms with Crippen LogP contribution < -0.4 is 4.74 Å². The van der Waals surface area contributed by atoms with Gasteiger partial charge in [-0.15, -0.1) is 0 Å². The van der Waals surface area contributed by atoms with Gasteiger partial charge in [-0.05, 0) is 80.9 Å². The highest BCUT2D eigenvalue weighted by Crippen LogP contribution is 2.65. The van der Waals surface area contributed by atoms with Crippen LogP contribution in [-0.2, 0) is 4.79 Å². The molecule has 0 atom stereocenters. The number of halogens is 17. The van der Waals surface area contributed by atoms with E-state index in [0.29, 0.717) is 5.92 Å². The Kier molecular flexibility index (Phi) is 11.3. The molecule has 3 rings (SSSR count). The molecule has 0 heterocycles. The van der Waals surface area contributed by atoms with Gasteiger partial charge < -0.3 is 4.74 Å². The van der Waals surface area contributed by atoms with Crippen LogP contribution in [0.15, 0.2) is 24.3 Å². The molecule has 1 aromatic rings. The molecule has 0 unspecified atom stereocenters. The van der Waals surface area contributed by atoms with Gasteiger partial charge in [0.05, 0.1) is 5.92 Å². The largest absolute Gasteiger partial charge is 0.460 e. The van der Waals surface area contributed by atoms with Gasteiger partial charge in [0.15, 0.2) is 0 Å². The Morgan fingerprint density at radius 1 is 0.592 bits per heavy atom. The van der Waals surface area contributed by atoms with E-state index in [0.717, 1.165) is 44.1 Å². The Morgan fingerprint density at radius 3 is 1.45 bits per heavy atom. The van der Waals surface area contributed by atoms with Gasteiger partial charge in [0.1, 0.15) is 5.75 Å². The Balaban J connectivity index is 1.69. The van der Waals surface area contributed by atoms with Gasteiger partial charge in [-0.3, -0.25) is 4.79 Å². The molecule has 2 aliphatic carbocycles. The van der Waals surface area contributed by atoms with Crippen LogP contribution >= 0.6 is 0 Å². The van der Waals surface area contributed by atoms with Crippen LogP contribution in [-0.4, -0.2) is 53.6 Å². The van der Waals surface area contributed by atoms with E-state index in [1.807, 2.05) is 0 Å². The lowest BCUT2D eigenvalue weighted by Crippen LogP contribution is -2.75. The summed E-state index contributed by atoms with van der Waals surface area (Å²) in [6, 6.07) is 6.29. The van der Waals surface area contributed by atoms with Crippen molar-refractivity contribution >= 4 is 5.97 Å². The molecule has 0 radical (unpaired) electrons. The SMILES string of the molecule is CCC[C@H]1CC[C@H](c2ccc(OC(=O)[C@H]3CC[C@H](C(F)(F)C(F)(F)C(F)(F)C(F)(F)C(F)(F)C(F)(F)C(F)(F)C(F)(F)F)CC3)cc2)CC1. The molecule has 0 bridgehead atoms. The molecule has 282 valence electrons. The maximum absolute atomic E-state index is 14.7. The lowest BCUT2D eigenvalue weighted by Gasteiger charge is -2.44. The van der Waals surface area contributed by atoms with Crippen molar-refractivity contribution in [3.63, 3.8) is 0 Å². The lowest BCUT2D eigenvalue weighted by molar-refractivity contribution is -0.463. The fourth-order valence-corrected chi connectivity index (χ4v) is 6.32. The summed E-state index contributed by atoms with van der Waals surface area (Å²) in [5.41, 5.74) is 0.969. The van der Waals surface area contributed by atoms with Crippen molar-refractivity contribution in [3.05, 3.63) is 29.8 Å². The first-order valence-electron chi connectivity index (χ1n) is 15.1. The monoisotopic (exact) mass is 746 g/mol. The summed E-state index contributed by atoms with van der Waals surface area (Å²) >= 11 is 0. The maximum atomic E-state index is 14.7. The van der Waals surface area contributed by atoms with Gasteiger partial charge in [0.2, 0.25) is 0 Å². The van der Waals surface area contributed by atoms with Crippen LogP contribution in [0.3, 0.4) is 0 Å². The van der Waals surface area contributed by atoms with E-state index in [1.165, 1.54) is 12.1 Å². The molecule has 2 aliphatic rings. The molecule has 2 fully saturated rings. The predicted octanol–water partition coefficient (Wildman–Crippen LogP) is 11.5. The minimum absolute atomic E-state index is 0.00288. The van der Waals surface area contributed by atoms with Gasteiger partial charge in [-0.25, -0.2) is 0 Å². The third-order valence-corrected chi connectivity index (χ3v) is 9.43. The molecule has 0 N–H and O–H groups in total. The summed E-state index contributed by atoms with van der Waals surface area (Å²) in [5.74, 6) is -61.1. The molecular formula is C30H31F17O2. The average Bonchev–Trinajstić information content (AvgIpc) is 3.01. The van der Waals surface area contributed by atoms with Crippen LogP contribution in [0.1, 0.15) is 82.6 Å². The fourth-order valence-electron chi connectivity index (χ4n) is 6.32. The molecule has 0 saturated heterocycles. The first-order valence-corrected chi connectivity index (χ1v) is 15.1. The zero-order valence-electron chi connectivity index (χ0n) is 25.4. The zero-order chi connectivity index (χ0) is 37.6. The Labute approximate surface area is 268 Å². The quantitative estimate of drug-likeness (QED) is 0.121. The van der Waals surface area contributed by atoms with Gasteiger partial charge in [-0.2, -0.15) is 74.6 Å². The Bertz CT molecular complexity index is 1270. The van der Waals surface area contributed by atoms with Crippen molar-refractivity contribution < 1.29 is 84.2 Å². The van der Waals surface area contributed by atoms with E-state index >= 15 is 0 Å². The number of rotatable bonds is 12. The third-order valence-electron chi connectivity index (χ3n) is 9.43. The standard InChI is InChI=1S/C30H31F17O2/c1-2-3-16-4-6-17(7-5-16)18-10-14-21(15-11-18)49-22(48)19-8-12-20(13-9-19)23(31,32)24(33,34)25(35,36)26(37,38)27(39,40)28(41,42)29(43,44)30(45,46)47/h10-11,14-17,19-20H,2-9,12-13H2,1H3/t16-,17-,19-,20-. The molecule has 0 spiro atoms. The zero-order valence-corrected chi connectivity index (χ0v) is 25.4. The van der Waals surface area contributed by atoms with Crippen LogP contribution in [0.2, 0.25) is 0 Å². The molecule has 49 heavy (non-hydrogen) atoms. The molecule has 0 aliphatic heterocycles. The number of hydrogen-bond acceptors (Lipinski definition) is 2. The maximum Gasteiger partial charge on any atom is 0.460 e. The van der Waals surface area contributed by atoms with E-state index in [1.54, 1.807) is 12.1 Å². The van der Waals surface area contributed by atoms with E-state index < -0.39 is 91.1 Å². The highest BCUT2D eigenvalue weighted by atomic mass is 19.4. The van der Waals surface area contributed by atoms with Crippen molar-refractivity contribution in [3.8, 4) is 5.75 Å². The third kappa shape index (κ3) is 6.93. The number of esters is 1. The molecular weight excluding hydrogens is 715 g/mol. The number of alkyl halides is 17. The second kappa shape index (κ2) is 13.6. The number of benzene rings is 1. The Morgan fingerprint density at radius 2 is 1.02 bits per heavy atom. The summed E-state index contributed by atoms with van der Waals surface area (Å²) < 4.78 is 237. The van der Waals surface area contributed by atoms with E-state index in [9.17, 15) is 79.4 Å². The van der Waals surface area contributed by atoms with Crippen molar-refractivity contribution in [1.29, 1.82) is 0 Å². The average molecular weight is 747 g/mol. The summed E-state index contributed by atoms with van der Waals surface area (Å²) in [7, 11) is 0. The van der Waals surface area contributed by atoms with Crippen molar-refractivity contribution in [2.75, 3.05) is 0 Å². The lowest BCUT2D eigenvalue weighted by atomic mass is 9.75. The van der Waals surface area contributed by atoms with Crippen molar-refractivity contribution in [1.82, 2.24) is 0 Å². The molecule has 19 heteroatoms. The number of carbonyl (C=O) groups is 1. The molecule has 2 saturated carbocycles. The van der Waals surface area contributed by atoms with Gasteiger partial charge in [-0.1, -0.05) is 31.9 Å². The van der Waals surface area contributed by atoms with Gasteiger partial charge in [0.25, 0.3) is 0 Å². The summed E-state index contributed by atoms with van der Waals surface area (Å²) in [6.45, 7) is 2.10. The number of carbonyl (C=O) groups excluding carboxylic acids is 1. The predicted molar refractivity (Wildman–Crippen MR) is 138 cm³/mol. The molecule has 0 aromatic heterocycles.